The van der Waals surface area contributed by atoms with Crippen molar-refractivity contribution in [1.29, 1.82) is 0 Å². The number of H-pyrrole nitrogens is 1. The number of aromatic amines is 1. The zero-order valence-electron chi connectivity index (χ0n) is 12.0. The second-order valence-electron chi connectivity index (χ2n) is 4.83. The summed E-state index contributed by atoms with van der Waals surface area (Å²) < 4.78 is 14.7. The van der Waals surface area contributed by atoms with Crippen molar-refractivity contribution in [1.82, 2.24) is 4.98 Å². The van der Waals surface area contributed by atoms with E-state index in [1.54, 1.807) is 12.1 Å². The van der Waals surface area contributed by atoms with Crippen LogP contribution in [0.5, 0.6) is 5.88 Å². The summed E-state index contributed by atoms with van der Waals surface area (Å²) in [6.45, 7) is 0. The second-order valence-corrected chi connectivity index (χ2v) is 5.38. The number of rotatable bonds is 9. The van der Waals surface area contributed by atoms with E-state index in [2.05, 4.69) is 29.4 Å². The van der Waals surface area contributed by atoms with Crippen LogP contribution in [0.3, 0.4) is 0 Å². The highest BCUT2D eigenvalue weighted by Crippen LogP contribution is 2.25. The molecule has 0 radical (unpaired) electrons. The van der Waals surface area contributed by atoms with Gasteiger partial charge in [-0.1, -0.05) is 18.2 Å². The number of halogens is 2. The van der Waals surface area contributed by atoms with E-state index in [-0.39, 0.29) is 12.2 Å². The number of carboxylic acids is 1. The summed E-state index contributed by atoms with van der Waals surface area (Å²) in [4.78, 5) is 25.1. The number of carboxylic acid groups (broad SMARTS) is 1. The number of fused-ring (bicyclic) bond motifs is 1. The molecule has 1 heterocycles. The van der Waals surface area contributed by atoms with Gasteiger partial charge in [0.1, 0.15) is 6.10 Å². The number of carbonyl (C=O) groups excluding carboxylic acids is 1. The number of carbonyl (C=O) groups is 2. The molecule has 0 aliphatic rings. The van der Waals surface area contributed by atoms with Crippen molar-refractivity contribution < 1.29 is 32.7 Å². The first-order chi connectivity index (χ1) is 11.5. The monoisotopic (exact) mass is 421 g/mol. The Hall–Kier alpha value is -1.65. The van der Waals surface area contributed by atoms with Gasteiger partial charge in [-0.25, -0.2) is 4.79 Å². The van der Waals surface area contributed by atoms with E-state index in [4.69, 9.17) is 21.7 Å². The van der Waals surface area contributed by atoms with Gasteiger partial charge in [-0.3, -0.25) is 8.12 Å². The minimum absolute atomic E-state index is 0.184. The third-order valence-corrected chi connectivity index (χ3v) is 3.92. The molecule has 0 unspecified atom stereocenters. The van der Waals surface area contributed by atoms with E-state index in [9.17, 15) is 14.7 Å². The molecule has 0 saturated heterocycles. The summed E-state index contributed by atoms with van der Waals surface area (Å²) in [5.41, 5.74) is 0.752. The topological polar surface area (TPSA) is 118 Å². The van der Waals surface area contributed by atoms with Gasteiger partial charge in [0.05, 0.1) is 28.1 Å². The molecule has 1 aromatic heterocycles. The van der Waals surface area contributed by atoms with Gasteiger partial charge in [0.15, 0.2) is 24.4 Å². The van der Waals surface area contributed by atoms with Crippen molar-refractivity contribution in [2.24, 2.45) is 0 Å². The van der Waals surface area contributed by atoms with E-state index < -0.39 is 30.4 Å². The Balaban J connectivity index is 2.32. The first-order valence-electron chi connectivity index (χ1n) is 6.67. The smallest absolute Gasteiger partial charge is 0.337 e. The molecule has 4 atom stereocenters. The number of aromatic nitrogens is 1. The maximum absolute atomic E-state index is 11.2. The molecule has 0 aliphatic carbocycles. The minimum Gasteiger partial charge on any atom is -0.479 e. The first kappa shape index (κ1) is 18.7. The first-order valence-corrected chi connectivity index (χ1v) is 7.62. The highest BCUT2D eigenvalue weighted by atomic mass is 79.9. The van der Waals surface area contributed by atoms with E-state index in [0.717, 1.165) is 10.9 Å². The molecule has 0 fully saturated rings. The van der Waals surface area contributed by atoms with Crippen molar-refractivity contribution in [2.45, 2.75) is 24.4 Å². The molecular formula is C14H13BrClNO7. The van der Waals surface area contributed by atoms with Gasteiger partial charge in [0.25, 0.3) is 0 Å². The molecule has 24 heavy (non-hydrogen) atoms. The molecule has 0 aliphatic heterocycles. The van der Waals surface area contributed by atoms with Gasteiger partial charge in [-0.15, -0.1) is 0 Å². The molecule has 0 spiro atoms. The highest BCUT2D eigenvalue weighted by Gasteiger charge is 2.42. The SMILES string of the molecule is O=C[C@H](O)[C@@H](Oc1cc2ccccc2[nH]1)[C@H](OCl)[C@H](OBr)C(=O)O. The Labute approximate surface area is 149 Å². The van der Waals surface area contributed by atoms with Gasteiger partial charge in [-0.05, 0) is 6.07 Å². The molecule has 2 aromatic rings. The lowest BCUT2D eigenvalue weighted by Crippen LogP contribution is -2.51. The van der Waals surface area contributed by atoms with Crippen LogP contribution < -0.4 is 4.74 Å². The fourth-order valence-corrected chi connectivity index (χ4v) is 2.73. The minimum atomic E-state index is -1.70. The highest BCUT2D eigenvalue weighted by molar-refractivity contribution is 9.06. The predicted molar refractivity (Wildman–Crippen MR) is 86.9 cm³/mol. The molecular weight excluding hydrogens is 410 g/mol. The number of benzene rings is 1. The molecule has 3 N–H and O–H groups in total. The fourth-order valence-electron chi connectivity index (χ4n) is 2.16. The summed E-state index contributed by atoms with van der Waals surface area (Å²) in [5.74, 6) is -1.24. The number of aliphatic carboxylic acids is 1. The zero-order chi connectivity index (χ0) is 17.7. The van der Waals surface area contributed by atoms with Gasteiger partial charge in [0, 0.05) is 17.0 Å². The predicted octanol–water partition coefficient (Wildman–Crippen LogP) is 1.79. The summed E-state index contributed by atoms with van der Waals surface area (Å²) >= 11 is 7.90. The maximum Gasteiger partial charge on any atom is 0.337 e. The van der Waals surface area contributed by atoms with Crippen LogP contribution in [0.2, 0.25) is 0 Å². The molecule has 0 amide bonds. The lowest BCUT2D eigenvalue weighted by Gasteiger charge is -2.28. The lowest BCUT2D eigenvalue weighted by molar-refractivity contribution is -0.154. The van der Waals surface area contributed by atoms with Gasteiger partial charge < -0.3 is 24.7 Å². The molecule has 1 aromatic carbocycles. The number of aliphatic hydroxyl groups is 1. The Morgan fingerprint density at radius 3 is 2.58 bits per heavy atom. The Morgan fingerprint density at radius 2 is 2.04 bits per heavy atom. The molecule has 10 heteroatoms. The van der Waals surface area contributed by atoms with Crippen molar-refractivity contribution in [3.63, 3.8) is 0 Å². The van der Waals surface area contributed by atoms with Gasteiger partial charge >= 0.3 is 5.97 Å². The molecule has 2 rings (SSSR count). The Bertz CT molecular complexity index is 676. The third-order valence-electron chi connectivity index (χ3n) is 3.31. The van der Waals surface area contributed by atoms with Crippen LogP contribution in [0.15, 0.2) is 30.3 Å². The quantitative estimate of drug-likeness (QED) is 0.527. The maximum atomic E-state index is 11.2. The summed E-state index contributed by atoms with van der Waals surface area (Å²) in [6, 6.07) is 8.87. The molecule has 0 saturated carbocycles. The van der Waals surface area contributed by atoms with Crippen LogP contribution in [0.4, 0.5) is 0 Å². The number of ether oxygens (including phenoxy) is 1. The average molecular weight is 423 g/mol. The molecule has 130 valence electrons. The van der Waals surface area contributed by atoms with Crippen LogP contribution in [0, 0.1) is 0 Å². The Morgan fingerprint density at radius 1 is 1.33 bits per heavy atom. The standard InChI is InChI=1S/C14H13BrClNO7/c15-23-13(14(20)21)12(24-16)11(9(19)6-18)22-10-5-7-3-1-2-4-8(7)17-10/h1-6,9,11-13,17,19H,(H,20,21)/t9-,11+,12-,13-/m0/s1. The van der Waals surface area contributed by atoms with Crippen molar-refractivity contribution >= 4 is 51.3 Å². The average Bonchev–Trinajstić information content (AvgIpc) is 2.99. The van der Waals surface area contributed by atoms with E-state index in [1.807, 2.05) is 18.2 Å². The summed E-state index contributed by atoms with van der Waals surface area (Å²) in [5, 5.41) is 19.8. The van der Waals surface area contributed by atoms with E-state index in [1.165, 1.54) is 0 Å². The molecule has 8 nitrogen and oxygen atoms in total. The van der Waals surface area contributed by atoms with Crippen LogP contribution in [0.1, 0.15) is 0 Å². The third kappa shape index (κ3) is 4.05. The van der Waals surface area contributed by atoms with Gasteiger partial charge in [0.2, 0.25) is 6.10 Å². The van der Waals surface area contributed by atoms with Crippen molar-refractivity contribution in [2.75, 3.05) is 0 Å². The molecule has 0 bridgehead atoms. The van der Waals surface area contributed by atoms with Gasteiger partial charge in [-0.2, -0.15) is 0 Å². The van der Waals surface area contributed by atoms with Crippen molar-refractivity contribution in [3.8, 4) is 5.88 Å². The number of para-hydroxylation sites is 1. The normalized spacial score (nSPS) is 16.3. The zero-order valence-corrected chi connectivity index (χ0v) is 14.3. The summed E-state index contributed by atoms with van der Waals surface area (Å²) in [6.07, 6.45) is -6.08. The fraction of sp³-hybridized carbons (Fsp3) is 0.286. The largest absolute Gasteiger partial charge is 0.479 e. The summed E-state index contributed by atoms with van der Waals surface area (Å²) in [7, 11) is 0. The second kappa shape index (κ2) is 8.45. The van der Waals surface area contributed by atoms with Crippen LogP contribution in [-0.2, 0) is 17.7 Å². The number of aliphatic hydroxyl groups excluding tert-OH is 1. The van der Waals surface area contributed by atoms with E-state index >= 15 is 0 Å². The van der Waals surface area contributed by atoms with Crippen LogP contribution >= 0.6 is 28.1 Å². The van der Waals surface area contributed by atoms with E-state index in [0.29, 0.717) is 0 Å². The lowest BCUT2D eigenvalue weighted by atomic mass is 10.0. The number of hydrogen-bond acceptors (Lipinski definition) is 6. The van der Waals surface area contributed by atoms with Crippen LogP contribution in [0.25, 0.3) is 10.9 Å². The number of aldehydes is 1. The number of hydrogen-bond donors (Lipinski definition) is 3. The number of nitrogens with one attached hydrogen (secondary N) is 1. The van der Waals surface area contributed by atoms with Crippen LogP contribution in [-0.4, -0.2) is 51.9 Å². The van der Waals surface area contributed by atoms with Crippen molar-refractivity contribution in [3.05, 3.63) is 30.3 Å². The Kier molecular flexibility index (Phi) is 6.58.